The third-order valence-electron chi connectivity index (χ3n) is 1.99. The van der Waals surface area contributed by atoms with Crippen molar-refractivity contribution in [2.45, 2.75) is 24.9 Å². The van der Waals surface area contributed by atoms with Gasteiger partial charge in [-0.3, -0.25) is 0 Å². The molecule has 0 saturated heterocycles. The third kappa shape index (κ3) is 5.21. The zero-order valence-corrected chi connectivity index (χ0v) is 11.5. The normalized spacial score (nSPS) is 14.2. The molecule has 0 spiro atoms. The Morgan fingerprint density at radius 1 is 1.39 bits per heavy atom. The summed E-state index contributed by atoms with van der Waals surface area (Å²) in [5.41, 5.74) is 0. The molecule has 1 N–H and O–H groups in total. The molecule has 0 aliphatic carbocycles. The van der Waals surface area contributed by atoms with Gasteiger partial charge in [-0.05, 0) is 28.1 Å². The van der Waals surface area contributed by atoms with Crippen LogP contribution in [0.15, 0.2) is 15.9 Å². The lowest BCUT2D eigenvalue weighted by atomic mass is 10.2. The first-order valence-electron chi connectivity index (χ1n) is 4.97. The van der Waals surface area contributed by atoms with Gasteiger partial charge in [-0.15, -0.1) is 11.3 Å². The molecule has 1 aromatic rings. The maximum Gasteiger partial charge on any atom is 0.330 e. The Kier molecular flexibility index (Phi) is 6.03. The smallest absolute Gasteiger partial charge is 0.330 e. The largest absolute Gasteiger partial charge is 0.390 e. The van der Waals surface area contributed by atoms with Crippen molar-refractivity contribution >= 4 is 27.3 Å². The van der Waals surface area contributed by atoms with Crippen molar-refractivity contribution < 1.29 is 27.4 Å². The fourth-order valence-corrected chi connectivity index (χ4v) is 2.70. The predicted octanol–water partition coefficient (Wildman–Crippen LogP) is 3.33. The van der Waals surface area contributed by atoms with Crippen molar-refractivity contribution in [1.29, 1.82) is 0 Å². The molecular weight excluding hydrogens is 340 g/mol. The van der Waals surface area contributed by atoms with Crippen LogP contribution in [0.1, 0.15) is 4.88 Å². The molecule has 0 bridgehead atoms. The van der Waals surface area contributed by atoms with Crippen molar-refractivity contribution in [3.8, 4) is 0 Å². The van der Waals surface area contributed by atoms with Gasteiger partial charge in [-0.1, -0.05) is 0 Å². The number of ether oxygens (including phenoxy) is 1. The maximum absolute atomic E-state index is 12.5. The zero-order chi connectivity index (χ0) is 13.8. The van der Waals surface area contributed by atoms with Gasteiger partial charge in [0.1, 0.15) is 6.61 Å². The van der Waals surface area contributed by atoms with E-state index in [4.69, 9.17) is 0 Å². The number of aliphatic hydroxyl groups is 1. The molecule has 2 nitrogen and oxygen atoms in total. The lowest BCUT2D eigenvalue weighted by Gasteiger charge is -2.16. The topological polar surface area (TPSA) is 29.5 Å². The number of alkyl halides is 4. The van der Waals surface area contributed by atoms with E-state index in [-0.39, 0.29) is 6.42 Å². The summed E-state index contributed by atoms with van der Waals surface area (Å²) < 4.78 is 53.8. The van der Waals surface area contributed by atoms with E-state index in [1.54, 1.807) is 12.1 Å². The van der Waals surface area contributed by atoms with E-state index in [1.807, 2.05) is 0 Å². The fraction of sp³-hybridized carbons (Fsp3) is 0.600. The molecule has 0 radical (unpaired) electrons. The van der Waals surface area contributed by atoms with Gasteiger partial charge in [-0.25, -0.2) is 8.78 Å². The highest BCUT2D eigenvalue weighted by atomic mass is 79.9. The van der Waals surface area contributed by atoms with E-state index < -0.39 is 31.7 Å². The number of hydrogen-bond acceptors (Lipinski definition) is 3. The standard InChI is InChI=1S/C10H11BrF4O2S/c11-8-2-1-7(18-8)3-6(16)4-17-5-10(14,15)9(12)13/h1-2,6,9,16H,3-5H2. The van der Waals surface area contributed by atoms with Gasteiger partial charge in [0, 0.05) is 11.3 Å². The van der Waals surface area contributed by atoms with Crippen LogP contribution in [0.3, 0.4) is 0 Å². The van der Waals surface area contributed by atoms with Crippen LogP contribution in [0.25, 0.3) is 0 Å². The third-order valence-corrected chi connectivity index (χ3v) is 3.64. The number of thiophene rings is 1. The molecule has 1 aromatic heterocycles. The Morgan fingerprint density at radius 3 is 2.56 bits per heavy atom. The summed E-state index contributed by atoms with van der Waals surface area (Å²) in [6, 6.07) is 3.56. The number of hydrogen-bond donors (Lipinski definition) is 1. The molecule has 1 rings (SSSR count). The lowest BCUT2D eigenvalue weighted by molar-refractivity contribution is -0.170. The Hall–Kier alpha value is -0.180. The summed E-state index contributed by atoms with van der Waals surface area (Å²) in [5, 5.41) is 9.48. The monoisotopic (exact) mass is 350 g/mol. The molecular formula is C10H11BrF4O2S. The molecule has 0 fully saturated rings. The zero-order valence-electron chi connectivity index (χ0n) is 9.08. The Balaban J connectivity index is 2.27. The second-order valence-electron chi connectivity index (χ2n) is 3.64. The summed E-state index contributed by atoms with van der Waals surface area (Å²) in [6.07, 6.45) is -4.52. The SMILES string of the molecule is OC(COCC(F)(F)C(F)F)Cc1ccc(Br)s1. The van der Waals surface area contributed by atoms with E-state index in [1.165, 1.54) is 11.3 Å². The minimum absolute atomic E-state index is 0.233. The first kappa shape index (κ1) is 15.9. The first-order chi connectivity index (χ1) is 8.31. The molecule has 0 amide bonds. The summed E-state index contributed by atoms with van der Waals surface area (Å²) in [5.74, 6) is -4.17. The van der Waals surface area contributed by atoms with E-state index in [0.29, 0.717) is 0 Å². The summed E-state index contributed by atoms with van der Waals surface area (Å²) in [4.78, 5) is 0.846. The Labute approximate surface area is 114 Å². The summed E-state index contributed by atoms with van der Waals surface area (Å²) in [6.45, 7) is -1.80. The van der Waals surface area contributed by atoms with Gasteiger partial charge < -0.3 is 9.84 Å². The Bertz CT molecular complexity index is 373. The summed E-state index contributed by atoms with van der Waals surface area (Å²) >= 11 is 4.63. The highest BCUT2D eigenvalue weighted by molar-refractivity contribution is 9.11. The second-order valence-corrected chi connectivity index (χ2v) is 6.19. The van der Waals surface area contributed by atoms with Crippen molar-refractivity contribution in [1.82, 2.24) is 0 Å². The average molecular weight is 351 g/mol. The second kappa shape index (κ2) is 6.83. The van der Waals surface area contributed by atoms with E-state index in [0.717, 1.165) is 8.66 Å². The summed E-state index contributed by atoms with van der Waals surface area (Å²) in [7, 11) is 0. The van der Waals surface area contributed by atoms with Gasteiger partial charge in [0.15, 0.2) is 0 Å². The van der Waals surface area contributed by atoms with Crippen LogP contribution in [0.5, 0.6) is 0 Å². The maximum atomic E-state index is 12.5. The van der Waals surface area contributed by atoms with Crippen LogP contribution >= 0.6 is 27.3 Å². The molecule has 1 atom stereocenters. The quantitative estimate of drug-likeness (QED) is 0.764. The minimum Gasteiger partial charge on any atom is -0.390 e. The molecule has 0 aromatic carbocycles. The van der Waals surface area contributed by atoms with Gasteiger partial charge >= 0.3 is 12.3 Å². The van der Waals surface area contributed by atoms with Crippen molar-refractivity contribution in [2.24, 2.45) is 0 Å². The number of rotatable bonds is 7. The van der Waals surface area contributed by atoms with Gasteiger partial charge in [0.25, 0.3) is 0 Å². The molecule has 0 aliphatic heterocycles. The van der Waals surface area contributed by atoms with E-state index in [2.05, 4.69) is 20.7 Å². The van der Waals surface area contributed by atoms with Crippen LogP contribution in [0, 0.1) is 0 Å². The van der Waals surface area contributed by atoms with Crippen LogP contribution in [-0.4, -0.2) is 36.8 Å². The fourth-order valence-electron chi connectivity index (χ4n) is 1.15. The Morgan fingerprint density at radius 2 is 2.06 bits per heavy atom. The average Bonchev–Trinajstić information content (AvgIpc) is 2.63. The number of aliphatic hydroxyl groups excluding tert-OH is 1. The van der Waals surface area contributed by atoms with Crippen molar-refractivity contribution in [3.05, 3.63) is 20.8 Å². The van der Waals surface area contributed by atoms with Crippen LogP contribution in [-0.2, 0) is 11.2 Å². The van der Waals surface area contributed by atoms with Crippen LogP contribution in [0.4, 0.5) is 17.6 Å². The highest BCUT2D eigenvalue weighted by Crippen LogP contribution is 2.24. The van der Waals surface area contributed by atoms with E-state index >= 15 is 0 Å². The first-order valence-corrected chi connectivity index (χ1v) is 6.58. The molecule has 0 saturated carbocycles. The van der Waals surface area contributed by atoms with Gasteiger partial charge in [0.05, 0.1) is 16.5 Å². The van der Waals surface area contributed by atoms with Crippen molar-refractivity contribution in [3.63, 3.8) is 0 Å². The molecule has 18 heavy (non-hydrogen) atoms. The van der Waals surface area contributed by atoms with Crippen LogP contribution in [0.2, 0.25) is 0 Å². The molecule has 104 valence electrons. The molecule has 0 aliphatic rings. The highest BCUT2D eigenvalue weighted by Gasteiger charge is 2.41. The predicted molar refractivity (Wildman–Crippen MR) is 63.5 cm³/mol. The molecule has 1 heterocycles. The van der Waals surface area contributed by atoms with Crippen molar-refractivity contribution in [2.75, 3.05) is 13.2 Å². The van der Waals surface area contributed by atoms with E-state index in [9.17, 15) is 22.7 Å². The number of halogens is 5. The lowest BCUT2D eigenvalue weighted by Crippen LogP contribution is -2.34. The minimum atomic E-state index is -4.17. The van der Waals surface area contributed by atoms with Gasteiger partial charge in [0.2, 0.25) is 0 Å². The van der Waals surface area contributed by atoms with Crippen LogP contribution < -0.4 is 0 Å². The molecule has 1 unspecified atom stereocenters. The molecule has 8 heteroatoms. The van der Waals surface area contributed by atoms with Gasteiger partial charge in [-0.2, -0.15) is 8.78 Å².